The molecule has 0 aliphatic heterocycles. The van der Waals surface area contributed by atoms with Crippen molar-refractivity contribution < 1.29 is 22.7 Å². The molecule has 0 saturated carbocycles. The van der Waals surface area contributed by atoms with Crippen molar-refractivity contribution in [2.75, 3.05) is 27.4 Å². The molecule has 0 bridgehead atoms. The van der Waals surface area contributed by atoms with Gasteiger partial charge in [0.05, 0.1) is 17.6 Å². The first kappa shape index (κ1) is 18.4. The number of carbonyl (C=O) groups is 1. The highest BCUT2D eigenvalue weighted by molar-refractivity contribution is 9.10. The highest BCUT2D eigenvalue weighted by Gasteiger charge is 2.16. The molecule has 118 valence electrons. The number of benzene rings is 1. The Bertz CT molecular complexity index is 608. The molecule has 0 aromatic heterocycles. The predicted octanol–water partition coefficient (Wildman–Crippen LogP) is 1.77. The quantitative estimate of drug-likeness (QED) is 0.705. The summed E-state index contributed by atoms with van der Waals surface area (Å²) in [6, 6.07) is 4.03. The van der Waals surface area contributed by atoms with Gasteiger partial charge in [-0.1, -0.05) is 15.9 Å². The monoisotopic (exact) mass is 399 g/mol. The van der Waals surface area contributed by atoms with Crippen LogP contribution in [0.15, 0.2) is 27.6 Å². The maximum absolute atomic E-state index is 12.0. The van der Waals surface area contributed by atoms with E-state index in [9.17, 15) is 13.2 Å². The molecule has 0 fully saturated rings. The third-order valence-corrected chi connectivity index (χ3v) is 4.38. The summed E-state index contributed by atoms with van der Waals surface area (Å²) in [7, 11) is 4.41. The van der Waals surface area contributed by atoms with Crippen molar-refractivity contribution in [2.24, 2.45) is 0 Å². The van der Waals surface area contributed by atoms with Crippen molar-refractivity contribution in [3.05, 3.63) is 28.2 Å². The molecule has 0 heterocycles. The molecule has 9 heteroatoms. The van der Waals surface area contributed by atoms with Crippen molar-refractivity contribution in [3.8, 4) is 0 Å². The van der Waals surface area contributed by atoms with Crippen LogP contribution in [-0.2, 0) is 18.5 Å². The zero-order chi connectivity index (χ0) is 16.0. The lowest BCUT2D eigenvalue weighted by Crippen LogP contribution is -2.35. The van der Waals surface area contributed by atoms with Gasteiger partial charge in [-0.15, -0.1) is 0 Å². The van der Waals surface area contributed by atoms with Crippen LogP contribution >= 0.6 is 26.6 Å². The van der Waals surface area contributed by atoms with Crippen molar-refractivity contribution >= 4 is 41.6 Å². The van der Waals surface area contributed by atoms with Gasteiger partial charge in [0, 0.05) is 41.5 Å². The van der Waals surface area contributed by atoms with Gasteiger partial charge in [-0.05, 0) is 18.2 Å². The van der Waals surface area contributed by atoms with Crippen LogP contribution < -0.4 is 5.32 Å². The highest BCUT2D eigenvalue weighted by Crippen LogP contribution is 2.22. The van der Waals surface area contributed by atoms with Gasteiger partial charge in [-0.2, -0.15) is 0 Å². The molecule has 1 amide bonds. The number of rotatable bonds is 7. The van der Waals surface area contributed by atoms with Crippen molar-refractivity contribution in [2.45, 2.75) is 11.0 Å². The molecule has 0 spiro atoms. The smallest absolute Gasteiger partial charge is 0.261 e. The van der Waals surface area contributed by atoms with Gasteiger partial charge < -0.3 is 14.8 Å². The van der Waals surface area contributed by atoms with E-state index >= 15 is 0 Å². The molecule has 1 unspecified atom stereocenters. The van der Waals surface area contributed by atoms with Gasteiger partial charge in [-0.25, -0.2) is 8.42 Å². The first-order valence-corrected chi connectivity index (χ1v) is 8.93. The summed E-state index contributed by atoms with van der Waals surface area (Å²) in [5, 5.41) is 2.64. The zero-order valence-corrected chi connectivity index (χ0v) is 14.6. The molecule has 1 atom stereocenters. The number of hydrogen-bond donors (Lipinski definition) is 1. The van der Waals surface area contributed by atoms with E-state index < -0.39 is 15.0 Å². The summed E-state index contributed by atoms with van der Waals surface area (Å²) in [4.78, 5) is 11.9. The van der Waals surface area contributed by atoms with Crippen molar-refractivity contribution in [3.63, 3.8) is 0 Å². The summed E-state index contributed by atoms with van der Waals surface area (Å²) >= 11 is 3.14. The maximum atomic E-state index is 12.0. The first-order valence-electron chi connectivity index (χ1n) is 5.83. The number of methoxy groups -OCH3 is 2. The third-order valence-electron chi connectivity index (χ3n) is 2.59. The minimum atomic E-state index is -3.91. The number of ether oxygens (including phenoxy) is 2. The van der Waals surface area contributed by atoms with Gasteiger partial charge in [-0.3, -0.25) is 4.79 Å². The Morgan fingerprint density at radius 2 is 2.05 bits per heavy atom. The minimum Gasteiger partial charge on any atom is -0.382 e. The van der Waals surface area contributed by atoms with E-state index in [-0.39, 0.29) is 23.1 Å². The second-order valence-corrected chi connectivity index (χ2v) is 7.62. The lowest BCUT2D eigenvalue weighted by atomic mass is 10.2. The minimum absolute atomic E-state index is 0.149. The van der Waals surface area contributed by atoms with Crippen LogP contribution in [0.25, 0.3) is 0 Å². The molecule has 1 aromatic carbocycles. The Labute approximate surface area is 136 Å². The average Bonchev–Trinajstić information content (AvgIpc) is 2.41. The molecule has 1 rings (SSSR count). The second kappa shape index (κ2) is 8.09. The van der Waals surface area contributed by atoms with Crippen LogP contribution in [0.1, 0.15) is 10.4 Å². The van der Waals surface area contributed by atoms with E-state index in [1.165, 1.54) is 32.4 Å². The van der Waals surface area contributed by atoms with Crippen LogP contribution in [0, 0.1) is 0 Å². The molecule has 6 nitrogen and oxygen atoms in total. The maximum Gasteiger partial charge on any atom is 0.261 e. The summed E-state index contributed by atoms with van der Waals surface area (Å²) in [6.07, 6.45) is -0.290. The second-order valence-electron chi connectivity index (χ2n) is 4.14. The molecular formula is C12H15BrClNO5S. The number of amides is 1. The lowest BCUT2D eigenvalue weighted by Gasteiger charge is -2.15. The van der Waals surface area contributed by atoms with E-state index in [2.05, 4.69) is 21.2 Å². The Kier molecular flexibility index (Phi) is 7.08. The fraction of sp³-hybridized carbons (Fsp3) is 0.417. The van der Waals surface area contributed by atoms with Crippen LogP contribution in [0.4, 0.5) is 0 Å². The van der Waals surface area contributed by atoms with E-state index in [4.69, 9.17) is 20.2 Å². The number of nitrogens with one attached hydrogen (secondary N) is 1. The Balaban J connectivity index is 2.86. The van der Waals surface area contributed by atoms with E-state index in [1.54, 1.807) is 0 Å². The predicted molar refractivity (Wildman–Crippen MR) is 82.2 cm³/mol. The van der Waals surface area contributed by atoms with Gasteiger partial charge in [0.15, 0.2) is 0 Å². The Morgan fingerprint density at radius 1 is 1.38 bits per heavy atom. The number of carbonyl (C=O) groups excluding carboxylic acids is 1. The van der Waals surface area contributed by atoms with Crippen LogP contribution in [0.5, 0.6) is 0 Å². The normalized spacial score (nSPS) is 13.0. The van der Waals surface area contributed by atoms with E-state index in [0.29, 0.717) is 11.1 Å². The molecule has 1 N–H and O–H groups in total. The van der Waals surface area contributed by atoms with Gasteiger partial charge in [0.1, 0.15) is 0 Å². The fourth-order valence-electron chi connectivity index (χ4n) is 1.54. The van der Waals surface area contributed by atoms with Gasteiger partial charge in [0.2, 0.25) is 0 Å². The van der Waals surface area contributed by atoms with E-state index in [1.807, 2.05) is 0 Å². The van der Waals surface area contributed by atoms with Crippen LogP contribution in [-0.4, -0.2) is 47.8 Å². The molecule has 0 radical (unpaired) electrons. The van der Waals surface area contributed by atoms with Gasteiger partial charge >= 0.3 is 0 Å². The lowest BCUT2D eigenvalue weighted by molar-refractivity contribution is 0.0285. The van der Waals surface area contributed by atoms with E-state index in [0.717, 1.165) is 0 Å². The molecule has 21 heavy (non-hydrogen) atoms. The number of hydrogen-bond acceptors (Lipinski definition) is 5. The van der Waals surface area contributed by atoms with Crippen LogP contribution in [0.2, 0.25) is 0 Å². The summed E-state index contributed by atoms with van der Waals surface area (Å²) in [6.45, 7) is 0.565. The summed E-state index contributed by atoms with van der Waals surface area (Å²) in [5.74, 6) is -0.434. The Morgan fingerprint density at radius 3 is 2.57 bits per heavy atom. The van der Waals surface area contributed by atoms with Crippen molar-refractivity contribution in [1.82, 2.24) is 5.32 Å². The largest absolute Gasteiger partial charge is 0.382 e. The first-order chi connectivity index (χ1) is 9.77. The SMILES string of the molecule is COCC(CNC(=O)c1cc(Br)cc(S(=O)(=O)Cl)c1)OC. The summed E-state index contributed by atoms with van der Waals surface area (Å²) < 4.78 is 33.2. The zero-order valence-electron chi connectivity index (χ0n) is 11.4. The molecular weight excluding hydrogens is 386 g/mol. The topological polar surface area (TPSA) is 81.7 Å². The Hall–Kier alpha value is -0.670. The molecule has 0 saturated heterocycles. The molecule has 0 aliphatic rings. The average molecular weight is 401 g/mol. The third kappa shape index (κ3) is 5.91. The van der Waals surface area contributed by atoms with Gasteiger partial charge in [0.25, 0.3) is 15.0 Å². The fourth-order valence-corrected chi connectivity index (χ4v) is 2.99. The summed E-state index contributed by atoms with van der Waals surface area (Å²) in [5.41, 5.74) is 0.177. The molecule has 0 aliphatic carbocycles. The number of halogens is 2. The highest BCUT2D eigenvalue weighted by atomic mass is 79.9. The van der Waals surface area contributed by atoms with Crippen LogP contribution in [0.3, 0.4) is 0 Å². The molecule has 1 aromatic rings. The van der Waals surface area contributed by atoms with Crippen molar-refractivity contribution in [1.29, 1.82) is 0 Å². The standard InChI is InChI=1S/C12H15BrClNO5S/c1-19-7-10(20-2)6-15-12(16)8-3-9(13)5-11(4-8)21(14,17)18/h3-5,10H,6-7H2,1-2H3,(H,15,16).